The summed E-state index contributed by atoms with van der Waals surface area (Å²) in [5, 5.41) is 12.6. The molecule has 1 unspecified atom stereocenters. The van der Waals surface area contributed by atoms with Crippen LogP contribution in [0.5, 0.6) is 0 Å². The molecule has 0 amide bonds. The maximum absolute atomic E-state index is 12.9. The molecule has 0 aliphatic rings. The Morgan fingerprint density at radius 2 is 1.74 bits per heavy atom. The zero-order chi connectivity index (χ0) is 19.6. The number of hydrogen-bond donors (Lipinski definition) is 2. The van der Waals surface area contributed by atoms with Gasteiger partial charge in [-0.1, -0.05) is 55.8 Å². The normalized spacial score (nSPS) is 12.1. The molecule has 140 valence electrons. The Labute approximate surface area is 158 Å². The van der Waals surface area contributed by atoms with Crippen molar-refractivity contribution in [2.24, 2.45) is 0 Å². The van der Waals surface area contributed by atoms with E-state index in [4.69, 9.17) is 0 Å². The summed E-state index contributed by atoms with van der Waals surface area (Å²) in [6, 6.07) is 14.5. The number of aromatic carboxylic acids is 1. The van der Waals surface area contributed by atoms with E-state index in [0.717, 1.165) is 29.7 Å². The number of aryl methyl sites for hydroxylation is 1. The molecule has 0 bridgehead atoms. The van der Waals surface area contributed by atoms with Gasteiger partial charge in [-0.15, -0.1) is 0 Å². The molecular formula is C22H24N2O3. The van der Waals surface area contributed by atoms with Crippen molar-refractivity contribution in [2.45, 2.75) is 39.7 Å². The van der Waals surface area contributed by atoms with Gasteiger partial charge in [0, 0.05) is 5.69 Å². The van der Waals surface area contributed by atoms with Crippen LogP contribution in [0.25, 0.3) is 22.3 Å². The van der Waals surface area contributed by atoms with E-state index in [9.17, 15) is 14.7 Å². The highest BCUT2D eigenvalue weighted by Gasteiger charge is 2.17. The second-order valence-corrected chi connectivity index (χ2v) is 6.85. The van der Waals surface area contributed by atoms with E-state index in [0.29, 0.717) is 11.1 Å². The number of rotatable bonds is 6. The molecule has 3 rings (SSSR count). The Kier molecular flexibility index (Phi) is 5.31. The summed E-state index contributed by atoms with van der Waals surface area (Å²) in [5.41, 5.74) is 4.04. The summed E-state index contributed by atoms with van der Waals surface area (Å²) in [6.45, 7) is 6.04. The molecule has 0 aliphatic carbocycles. The Bertz CT molecular complexity index is 1010. The van der Waals surface area contributed by atoms with Gasteiger partial charge in [0.2, 0.25) is 0 Å². The molecular weight excluding hydrogens is 340 g/mol. The molecule has 0 saturated heterocycles. The Morgan fingerprint density at radius 3 is 2.37 bits per heavy atom. The minimum atomic E-state index is -0.955. The number of nitrogens with zero attached hydrogens (tertiary/aromatic N) is 1. The summed E-state index contributed by atoms with van der Waals surface area (Å²) < 4.78 is 1.70. The van der Waals surface area contributed by atoms with Crippen LogP contribution in [0.15, 0.2) is 53.3 Å². The molecule has 27 heavy (non-hydrogen) atoms. The second kappa shape index (κ2) is 7.66. The van der Waals surface area contributed by atoms with Crippen LogP contribution in [-0.2, 0) is 0 Å². The number of carboxylic acid groups (broad SMARTS) is 1. The van der Waals surface area contributed by atoms with Gasteiger partial charge in [-0.2, -0.15) is 0 Å². The van der Waals surface area contributed by atoms with Crippen molar-refractivity contribution >= 4 is 5.97 Å². The van der Waals surface area contributed by atoms with Gasteiger partial charge in [0.25, 0.3) is 5.56 Å². The quantitative estimate of drug-likeness (QED) is 0.655. The van der Waals surface area contributed by atoms with Gasteiger partial charge in [-0.05, 0) is 43.0 Å². The molecule has 0 saturated carbocycles. The molecule has 1 atom stereocenters. The predicted molar refractivity (Wildman–Crippen MR) is 107 cm³/mol. The van der Waals surface area contributed by atoms with E-state index in [2.05, 4.69) is 12.0 Å². The third kappa shape index (κ3) is 3.58. The van der Waals surface area contributed by atoms with Crippen molar-refractivity contribution in [1.29, 1.82) is 0 Å². The summed E-state index contributed by atoms with van der Waals surface area (Å²) >= 11 is 0. The fourth-order valence-corrected chi connectivity index (χ4v) is 3.50. The molecule has 0 fully saturated rings. The SMILES string of the molecule is CCCC(C)n1[nH]c(C)c(-c2ccc(-c3ccccc3C(=O)O)cc2)c1=O. The monoisotopic (exact) mass is 364 g/mol. The molecule has 2 N–H and O–H groups in total. The van der Waals surface area contributed by atoms with Crippen LogP contribution in [0, 0.1) is 6.92 Å². The van der Waals surface area contributed by atoms with Crippen molar-refractivity contribution in [3.63, 3.8) is 0 Å². The molecule has 5 heteroatoms. The third-order valence-electron chi connectivity index (χ3n) is 4.89. The molecule has 1 aromatic heterocycles. The van der Waals surface area contributed by atoms with Gasteiger partial charge in [0.1, 0.15) is 0 Å². The lowest BCUT2D eigenvalue weighted by Crippen LogP contribution is -2.21. The molecule has 0 spiro atoms. The summed E-state index contributed by atoms with van der Waals surface area (Å²) in [5.74, 6) is -0.955. The van der Waals surface area contributed by atoms with Crippen LogP contribution in [0.3, 0.4) is 0 Å². The topological polar surface area (TPSA) is 75.1 Å². The highest BCUT2D eigenvalue weighted by molar-refractivity contribution is 5.96. The minimum absolute atomic E-state index is 0.0212. The van der Waals surface area contributed by atoms with E-state index >= 15 is 0 Å². The number of H-pyrrole nitrogens is 1. The lowest BCUT2D eigenvalue weighted by Gasteiger charge is -2.10. The highest BCUT2D eigenvalue weighted by atomic mass is 16.4. The van der Waals surface area contributed by atoms with Gasteiger partial charge < -0.3 is 5.11 Å². The van der Waals surface area contributed by atoms with Crippen LogP contribution >= 0.6 is 0 Å². The van der Waals surface area contributed by atoms with Gasteiger partial charge in [0.15, 0.2) is 0 Å². The average molecular weight is 364 g/mol. The Morgan fingerprint density at radius 1 is 1.11 bits per heavy atom. The Hall–Kier alpha value is -3.08. The van der Waals surface area contributed by atoms with Crippen LogP contribution in [-0.4, -0.2) is 20.9 Å². The summed E-state index contributed by atoms with van der Waals surface area (Å²) in [6.07, 6.45) is 1.95. The van der Waals surface area contributed by atoms with E-state index < -0.39 is 5.97 Å². The lowest BCUT2D eigenvalue weighted by atomic mass is 9.97. The van der Waals surface area contributed by atoms with Crippen LogP contribution < -0.4 is 5.56 Å². The third-order valence-corrected chi connectivity index (χ3v) is 4.89. The Balaban J connectivity index is 2.00. The zero-order valence-electron chi connectivity index (χ0n) is 15.8. The first-order chi connectivity index (χ1) is 12.9. The molecule has 3 aromatic rings. The van der Waals surface area contributed by atoms with Crippen LogP contribution in [0.1, 0.15) is 48.8 Å². The molecule has 0 aliphatic heterocycles. The molecule has 1 heterocycles. The fraction of sp³-hybridized carbons (Fsp3) is 0.273. The lowest BCUT2D eigenvalue weighted by molar-refractivity contribution is 0.0697. The molecule has 0 radical (unpaired) electrons. The zero-order valence-corrected chi connectivity index (χ0v) is 15.8. The van der Waals surface area contributed by atoms with Crippen molar-refractivity contribution < 1.29 is 9.90 Å². The minimum Gasteiger partial charge on any atom is -0.478 e. The standard InChI is InChI=1S/C22H24N2O3/c1-4-7-14(2)24-21(25)20(15(3)23-24)17-12-10-16(11-13-17)18-8-5-6-9-19(18)22(26)27/h5-6,8-14,23H,4,7H2,1-3H3,(H,26,27). The number of aromatic nitrogens is 2. The molecule has 5 nitrogen and oxygen atoms in total. The van der Waals surface area contributed by atoms with Crippen LogP contribution in [0.2, 0.25) is 0 Å². The first kappa shape index (κ1) is 18.7. The maximum Gasteiger partial charge on any atom is 0.336 e. The number of carbonyl (C=O) groups is 1. The second-order valence-electron chi connectivity index (χ2n) is 6.85. The largest absolute Gasteiger partial charge is 0.478 e. The number of aromatic amines is 1. The molecule has 2 aromatic carbocycles. The summed E-state index contributed by atoms with van der Waals surface area (Å²) in [7, 11) is 0. The van der Waals surface area contributed by atoms with Gasteiger partial charge >= 0.3 is 5.97 Å². The first-order valence-corrected chi connectivity index (χ1v) is 9.18. The van der Waals surface area contributed by atoms with E-state index in [-0.39, 0.29) is 17.2 Å². The first-order valence-electron chi connectivity index (χ1n) is 9.18. The van der Waals surface area contributed by atoms with Crippen molar-refractivity contribution in [3.8, 4) is 22.3 Å². The maximum atomic E-state index is 12.9. The average Bonchev–Trinajstić information content (AvgIpc) is 2.96. The van der Waals surface area contributed by atoms with Gasteiger partial charge in [0.05, 0.1) is 17.2 Å². The van der Waals surface area contributed by atoms with E-state index in [1.54, 1.807) is 22.9 Å². The smallest absolute Gasteiger partial charge is 0.336 e. The van der Waals surface area contributed by atoms with E-state index in [1.807, 2.05) is 44.2 Å². The summed E-state index contributed by atoms with van der Waals surface area (Å²) in [4.78, 5) is 24.3. The number of hydrogen-bond acceptors (Lipinski definition) is 2. The van der Waals surface area contributed by atoms with E-state index in [1.165, 1.54) is 0 Å². The van der Waals surface area contributed by atoms with Crippen molar-refractivity contribution in [3.05, 3.63) is 70.1 Å². The van der Waals surface area contributed by atoms with Gasteiger partial charge in [-0.3, -0.25) is 9.89 Å². The fourth-order valence-electron chi connectivity index (χ4n) is 3.50. The van der Waals surface area contributed by atoms with Gasteiger partial charge in [-0.25, -0.2) is 9.48 Å². The highest BCUT2D eigenvalue weighted by Crippen LogP contribution is 2.27. The van der Waals surface area contributed by atoms with Crippen molar-refractivity contribution in [2.75, 3.05) is 0 Å². The number of benzene rings is 2. The van der Waals surface area contributed by atoms with Crippen LogP contribution in [0.4, 0.5) is 0 Å². The van der Waals surface area contributed by atoms with Crippen molar-refractivity contribution in [1.82, 2.24) is 9.78 Å². The number of carboxylic acids is 1. The number of nitrogens with one attached hydrogen (secondary N) is 1. The predicted octanol–water partition coefficient (Wildman–Crippen LogP) is 4.88.